The molecule has 0 atom stereocenters. The maximum atomic E-state index is 12.6. The van der Waals surface area contributed by atoms with Crippen molar-refractivity contribution < 1.29 is 9.53 Å². The topological polar surface area (TPSA) is 62.1 Å². The summed E-state index contributed by atoms with van der Waals surface area (Å²) >= 11 is 30.1. The molecule has 32 heavy (non-hydrogen) atoms. The molecule has 1 amide bonds. The molecule has 0 aliphatic rings. The number of amides is 1. The number of nitriles is 1. The van der Waals surface area contributed by atoms with Gasteiger partial charge in [-0.2, -0.15) is 5.26 Å². The van der Waals surface area contributed by atoms with Crippen LogP contribution in [0.4, 0.5) is 5.69 Å². The first-order chi connectivity index (χ1) is 15.3. The summed E-state index contributed by atoms with van der Waals surface area (Å²) in [4.78, 5) is 12.6. The Morgan fingerprint density at radius 1 is 0.906 bits per heavy atom. The van der Waals surface area contributed by atoms with Crippen LogP contribution in [0.5, 0.6) is 5.75 Å². The van der Waals surface area contributed by atoms with Crippen LogP contribution in [-0.4, -0.2) is 5.91 Å². The lowest BCUT2D eigenvalue weighted by Gasteiger charge is -2.12. The summed E-state index contributed by atoms with van der Waals surface area (Å²) in [5.41, 5.74) is 1.40. The molecule has 0 heterocycles. The SMILES string of the molecule is N#C/C(=C\c1cc(Cl)ccc1OCc1ccc(Cl)cc1Cl)C(=O)Nc1ccc(Cl)c(Cl)c1. The molecule has 3 aromatic rings. The number of hydrogen-bond acceptors (Lipinski definition) is 3. The molecule has 0 saturated heterocycles. The molecular weight excluding hydrogens is 514 g/mol. The number of carbonyl (C=O) groups excluding carboxylic acids is 1. The van der Waals surface area contributed by atoms with E-state index in [0.29, 0.717) is 37.1 Å². The van der Waals surface area contributed by atoms with E-state index in [1.807, 2.05) is 6.07 Å². The van der Waals surface area contributed by atoms with Gasteiger partial charge in [0, 0.05) is 31.9 Å². The van der Waals surface area contributed by atoms with E-state index in [1.54, 1.807) is 48.5 Å². The van der Waals surface area contributed by atoms with E-state index in [1.165, 1.54) is 12.1 Å². The molecule has 0 aliphatic carbocycles. The molecule has 0 unspecified atom stereocenters. The summed E-state index contributed by atoms with van der Waals surface area (Å²) in [6.07, 6.45) is 1.39. The molecule has 3 rings (SSSR count). The van der Waals surface area contributed by atoms with Gasteiger partial charge < -0.3 is 10.1 Å². The van der Waals surface area contributed by atoms with Crippen molar-refractivity contribution in [3.05, 3.63) is 96.4 Å². The van der Waals surface area contributed by atoms with Gasteiger partial charge in [-0.25, -0.2) is 0 Å². The molecule has 0 aliphatic heterocycles. The van der Waals surface area contributed by atoms with Crippen LogP contribution in [0.2, 0.25) is 25.1 Å². The van der Waals surface area contributed by atoms with Crippen molar-refractivity contribution in [2.24, 2.45) is 0 Å². The number of anilines is 1. The van der Waals surface area contributed by atoms with Crippen molar-refractivity contribution in [2.45, 2.75) is 6.61 Å². The fourth-order valence-electron chi connectivity index (χ4n) is 2.63. The lowest BCUT2D eigenvalue weighted by molar-refractivity contribution is -0.112. The van der Waals surface area contributed by atoms with Gasteiger partial charge in [0.15, 0.2) is 0 Å². The predicted molar refractivity (Wildman–Crippen MR) is 131 cm³/mol. The predicted octanol–water partition coefficient (Wildman–Crippen LogP) is 8.08. The molecule has 0 fully saturated rings. The Balaban J connectivity index is 1.84. The minimum atomic E-state index is -0.627. The number of hydrogen-bond donors (Lipinski definition) is 1. The molecular formula is C23H13Cl5N2O2. The molecule has 0 spiro atoms. The molecule has 0 saturated carbocycles. The molecule has 3 aromatic carbocycles. The van der Waals surface area contributed by atoms with E-state index in [-0.39, 0.29) is 17.2 Å². The lowest BCUT2D eigenvalue weighted by atomic mass is 10.1. The molecule has 0 bridgehead atoms. The Labute approximate surface area is 209 Å². The van der Waals surface area contributed by atoms with Crippen molar-refractivity contribution in [1.29, 1.82) is 5.26 Å². The molecule has 0 radical (unpaired) electrons. The summed E-state index contributed by atoms with van der Waals surface area (Å²) in [6.45, 7) is 0.149. The zero-order chi connectivity index (χ0) is 23.3. The second-order valence-corrected chi connectivity index (χ2v) is 8.55. The number of halogens is 5. The minimum Gasteiger partial charge on any atom is -0.488 e. The number of nitrogens with one attached hydrogen (secondary N) is 1. The Morgan fingerprint density at radius 3 is 2.31 bits per heavy atom. The van der Waals surface area contributed by atoms with Gasteiger partial charge in [0.2, 0.25) is 0 Å². The van der Waals surface area contributed by atoms with Crippen LogP contribution in [0.1, 0.15) is 11.1 Å². The second-order valence-electron chi connectivity index (χ2n) is 6.46. The molecule has 1 N–H and O–H groups in total. The van der Waals surface area contributed by atoms with Crippen LogP contribution in [0.25, 0.3) is 6.08 Å². The minimum absolute atomic E-state index is 0.149. The van der Waals surface area contributed by atoms with Crippen LogP contribution >= 0.6 is 58.0 Å². The first-order valence-electron chi connectivity index (χ1n) is 9.01. The summed E-state index contributed by atoms with van der Waals surface area (Å²) in [6, 6.07) is 16.4. The van der Waals surface area contributed by atoms with Gasteiger partial charge in [-0.15, -0.1) is 0 Å². The third kappa shape index (κ3) is 6.32. The van der Waals surface area contributed by atoms with Crippen LogP contribution in [0.15, 0.2) is 60.2 Å². The maximum absolute atomic E-state index is 12.6. The molecule has 4 nitrogen and oxygen atoms in total. The maximum Gasteiger partial charge on any atom is 0.266 e. The Kier molecular flexibility index (Phi) is 8.31. The van der Waals surface area contributed by atoms with Crippen LogP contribution in [0.3, 0.4) is 0 Å². The fraction of sp³-hybridized carbons (Fsp3) is 0.0435. The highest BCUT2D eigenvalue weighted by molar-refractivity contribution is 6.42. The van der Waals surface area contributed by atoms with E-state index in [4.69, 9.17) is 62.7 Å². The Bertz CT molecular complexity index is 1250. The van der Waals surface area contributed by atoms with Crippen molar-refractivity contribution in [1.82, 2.24) is 0 Å². The number of carbonyl (C=O) groups is 1. The highest BCUT2D eigenvalue weighted by atomic mass is 35.5. The summed E-state index contributed by atoms with van der Waals surface area (Å²) in [7, 11) is 0. The largest absolute Gasteiger partial charge is 0.488 e. The van der Waals surface area contributed by atoms with Gasteiger partial charge in [0.1, 0.15) is 24.0 Å². The average molecular weight is 527 g/mol. The molecule has 0 aromatic heterocycles. The van der Waals surface area contributed by atoms with E-state index >= 15 is 0 Å². The third-order valence-electron chi connectivity index (χ3n) is 4.21. The summed E-state index contributed by atoms with van der Waals surface area (Å²) in [5, 5.41) is 14.2. The van der Waals surface area contributed by atoms with E-state index < -0.39 is 5.91 Å². The number of nitrogens with zero attached hydrogens (tertiary/aromatic N) is 1. The number of benzene rings is 3. The standard InChI is InChI=1S/C23H13Cl5N2O2/c24-16-3-6-22(32-12-13-1-2-17(25)9-20(13)27)14(8-16)7-15(11-29)23(31)30-18-4-5-19(26)21(28)10-18/h1-10H,12H2,(H,30,31)/b15-7+. The van der Waals surface area contributed by atoms with Gasteiger partial charge in [0.05, 0.1) is 10.0 Å². The van der Waals surface area contributed by atoms with Gasteiger partial charge in [-0.1, -0.05) is 64.1 Å². The van der Waals surface area contributed by atoms with Crippen molar-refractivity contribution >= 4 is 75.7 Å². The van der Waals surface area contributed by atoms with Crippen LogP contribution in [-0.2, 0) is 11.4 Å². The van der Waals surface area contributed by atoms with E-state index in [9.17, 15) is 10.1 Å². The second kappa shape index (κ2) is 11.0. The monoisotopic (exact) mass is 524 g/mol. The Hall–Kier alpha value is -2.39. The third-order valence-corrected chi connectivity index (χ3v) is 5.77. The smallest absolute Gasteiger partial charge is 0.266 e. The average Bonchev–Trinajstić information content (AvgIpc) is 2.75. The highest BCUT2D eigenvalue weighted by Crippen LogP contribution is 2.29. The molecule has 162 valence electrons. The Morgan fingerprint density at radius 2 is 1.62 bits per heavy atom. The van der Waals surface area contributed by atoms with E-state index in [0.717, 1.165) is 5.56 Å². The summed E-state index contributed by atoms with van der Waals surface area (Å²) in [5.74, 6) is -0.215. The number of rotatable bonds is 6. The summed E-state index contributed by atoms with van der Waals surface area (Å²) < 4.78 is 5.87. The zero-order valence-corrected chi connectivity index (χ0v) is 19.9. The van der Waals surface area contributed by atoms with E-state index in [2.05, 4.69) is 5.32 Å². The fourth-order valence-corrected chi connectivity index (χ4v) is 3.58. The van der Waals surface area contributed by atoms with Gasteiger partial charge in [-0.05, 0) is 54.6 Å². The highest BCUT2D eigenvalue weighted by Gasteiger charge is 2.13. The van der Waals surface area contributed by atoms with Gasteiger partial charge >= 0.3 is 0 Å². The first kappa shape index (κ1) is 24.3. The van der Waals surface area contributed by atoms with Crippen LogP contribution in [0, 0.1) is 11.3 Å². The van der Waals surface area contributed by atoms with Crippen molar-refractivity contribution in [3.63, 3.8) is 0 Å². The van der Waals surface area contributed by atoms with Crippen LogP contribution < -0.4 is 10.1 Å². The van der Waals surface area contributed by atoms with Crippen molar-refractivity contribution in [2.75, 3.05) is 5.32 Å². The zero-order valence-electron chi connectivity index (χ0n) is 16.1. The van der Waals surface area contributed by atoms with Gasteiger partial charge in [0.25, 0.3) is 5.91 Å². The van der Waals surface area contributed by atoms with Gasteiger partial charge in [-0.3, -0.25) is 4.79 Å². The molecule has 9 heteroatoms. The first-order valence-corrected chi connectivity index (χ1v) is 10.9. The number of ether oxygens (including phenoxy) is 1. The lowest BCUT2D eigenvalue weighted by Crippen LogP contribution is -2.13. The van der Waals surface area contributed by atoms with Crippen molar-refractivity contribution in [3.8, 4) is 11.8 Å². The quantitative estimate of drug-likeness (QED) is 0.261. The normalized spacial score (nSPS) is 11.1.